The summed E-state index contributed by atoms with van der Waals surface area (Å²) in [6.07, 6.45) is 63.3. The van der Waals surface area contributed by atoms with Crippen LogP contribution < -0.4 is 0 Å². The van der Waals surface area contributed by atoms with Crippen LogP contribution in [0.3, 0.4) is 0 Å². The van der Waals surface area contributed by atoms with Crippen LogP contribution in [-0.2, 0) is 28.6 Å². The number of allylic oxidation sites excluding steroid dienone is 12. The van der Waals surface area contributed by atoms with E-state index in [1.165, 1.54) is 116 Å². The zero-order valence-electron chi connectivity index (χ0n) is 40.6. The van der Waals surface area contributed by atoms with Crippen molar-refractivity contribution in [1.82, 2.24) is 0 Å². The van der Waals surface area contributed by atoms with Crippen molar-refractivity contribution in [2.45, 2.75) is 252 Å². The SMILES string of the molecule is CC/C=C\C/C=C\C/C=C\CCCC(=O)OCC(COC(=O)CCCCCCCCC/C=C\CCCCCCCCCC)OC(=O)CCCCCCCCC/C=C\C/C=C\CC. The highest BCUT2D eigenvalue weighted by Crippen LogP contribution is 2.14. The van der Waals surface area contributed by atoms with Gasteiger partial charge in [0.05, 0.1) is 0 Å². The Morgan fingerprint density at radius 1 is 0.339 bits per heavy atom. The van der Waals surface area contributed by atoms with Crippen LogP contribution in [0.2, 0.25) is 0 Å². The van der Waals surface area contributed by atoms with Crippen molar-refractivity contribution in [2.75, 3.05) is 13.2 Å². The molecule has 0 N–H and O–H groups in total. The van der Waals surface area contributed by atoms with Gasteiger partial charge in [-0.15, -0.1) is 0 Å². The fraction of sp³-hybridized carbons (Fsp3) is 0.732. The molecule has 0 aromatic rings. The average molecular weight is 865 g/mol. The lowest BCUT2D eigenvalue weighted by molar-refractivity contribution is -0.167. The van der Waals surface area contributed by atoms with Crippen LogP contribution in [-0.4, -0.2) is 37.2 Å². The highest BCUT2D eigenvalue weighted by molar-refractivity contribution is 5.71. The third-order valence-corrected chi connectivity index (χ3v) is 10.9. The third kappa shape index (κ3) is 47.9. The summed E-state index contributed by atoms with van der Waals surface area (Å²) in [7, 11) is 0. The summed E-state index contributed by atoms with van der Waals surface area (Å²) in [5, 5.41) is 0. The molecule has 0 spiro atoms. The largest absolute Gasteiger partial charge is 0.462 e. The summed E-state index contributed by atoms with van der Waals surface area (Å²) >= 11 is 0. The van der Waals surface area contributed by atoms with Crippen molar-refractivity contribution in [2.24, 2.45) is 0 Å². The summed E-state index contributed by atoms with van der Waals surface area (Å²) in [6.45, 7) is 6.36. The molecule has 1 unspecified atom stereocenters. The van der Waals surface area contributed by atoms with E-state index in [1.54, 1.807) is 0 Å². The first-order valence-electron chi connectivity index (χ1n) is 25.9. The highest BCUT2D eigenvalue weighted by atomic mass is 16.6. The predicted molar refractivity (Wildman–Crippen MR) is 265 cm³/mol. The molecule has 0 saturated carbocycles. The molecular formula is C56H96O6. The van der Waals surface area contributed by atoms with Gasteiger partial charge in [0.2, 0.25) is 0 Å². The molecule has 0 radical (unpaired) electrons. The summed E-state index contributed by atoms with van der Waals surface area (Å²) < 4.78 is 16.7. The standard InChI is InChI=1S/C56H96O6/c1-4-7-10-13-16-19-22-24-26-27-28-29-30-32-34-37-40-43-46-49-55(58)61-52-53(51-60-54(57)48-45-42-39-36-33-21-18-15-12-9-6-3)62-56(59)50-47-44-41-38-35-31-25-23-20-17-14-11-8-5-2/h8-9,11-12,17-18,20-21,27-28,36,39,53H,4-7,10,13-16,19,22-26,29-35,37-38,40-52H2,1-3H3/b11-8-,12-9-,20-17-,21-18-,28-27-,39-36-. The lowest BCUT2D eigenvalue weighted by Gasteiger charge is -2.18. The van der Waals surface area contributed by atoms with Gasteiger partial charge in [-0.1, -0.05) is 203 Å². The van der Waals surface area contributed by atoms with Gasteiger partial charge in [0.1, 0.15) is 13.2 Å². The van der Waals surface area contributed by atoms with Gasteiger partial charge in [0, 0.05) is 19.3 Å². The molecule has 6 heteroatoms. The zero-order chi connectivity index (χ0) is 45.1. The molecule has 0 rings (SSSR count). The molecule has 0 aromatic heterocycles. The van der Waals surface area contributed by atoms with Crippen LogP contribution in [0.25, 0.3) is 0 Å². The predicted octanol–water partition coefficient (Wildman–Crippen LogP) is 17.0. The first kappa shape index (κ1) is 58.9. The number of ether oxygens (including phenoxy) is 3. The van der Waals surface area contributed by atoms with E-state index in [0.29, 0.717) is 19.3 Å². The third-order valence-electron chi connectivity index (χ3n) is 10.9. The molecule has 0 saturated heterocycles. The van der Waals surface area contributed by atoms with Crippen LogP contribution in [0.4, 0.5) is 0 Å². The topological polar surface area (TPSA) is 78.9 Å². The summed E-state index contributed by atoms with van der Waals surface area (Å²) in [5.41, 5.74) is 0. The molecule has 0 aliphatic heterocycles. The molecule has 0 amide bonds. The Morgan fingerprint density at radius 2 is 0.645 bits per heavy atom. The van der Waals surface area contributed by atoms with E-state index in [1.807, 2.05) is 0 Å². The molecule has 0 aliphatic rings. The number of carbonyl (C=O) groups is 3. The maximum absolute atomic E-state index is 12.8. The van der Waals surface area contributed by atoms with E-state index in [2.05, 4.69) is 93.7 Å². The van der Waals surface area contributed by atoms with E-state index in [4.69, 9.17) is 14.2 Å². The normalized spacial score (nSPS) is 12.6. The van der Waals surface area contributed by atoms with Gasteiger partial charge < -0.3 is 14.2 Å². The van der Waals surface area contributed by atoms with Gasteiger partial charge in [-0.2, -0.15) is 0 Å². The van der Waals surface area contributed by atoms with Gasteiger partial charge in [0.25, 0.3) is 0 Å². The summed E-state index contributed by atoms with van der Waals surface area (Å²) in [4.78, 5) is 37.9. The van der Waals surface area contributed by atoms with Crippen molar-refractivity contribution in [3.63, 3.8) is 0 Å². The number of rotatable bonds is 46. The minimum absolute atomic E-state index is 0.0967. The van der Waals surface area contributed by atoms with Crippen molar-refractivity contribution in [1.29, 1.82) is 0 Å². The fourth-order valence-corrected chi connectivity index (χ4v) is 7.09. The first-order chi connectivity index (χ1) is 30.5. The summed E-state index contributed by atoms with van der Waals surface area (Å²) in [5.74, 6) is -0.965. The molecule has 0 aromatic carbocycles. The van der Waals surface area contributed by atoms with E-state index in [9.17, 15) is 14.4 Å². The number of hydrogen-bond acceptors (Lipinski definition) is 6. The quantitative estimate of drug-likeness (QED) is 0.0262. The molecule has 0 bridgehead atoms. The van der Waals surface area contributed by atoms with E-state index >= 15 is 0 Å². The number of esters is 3. The van der Waals surface area contributed by atoms with Gasteiger partial charge in [-0.05, 0) is 96.3 Å². The van der Waals surface area contributed by atoms with Crippen LogP contribution in [0.5, 0.6) is 0 Å². The Bertz CT molecular complexity index is 1180. The summed E-state index contributed by atoms with van der Waals surface area (Å²) in [6, 6.07) is 0. The first-order valence-corrected chi connectivity index (χ1v) is 25.9. The van der Waals surface area contributed by atoms with Crippen molar-refractivity contribution >= 4 is 17.9 Å². The Kier molecular flexibility index (Phi) is 47.9. The Hall–Kier alpha value is -3.15. The number of unbranched alkanes of at least 4 members (excludes halogenated alkanes) is 23. The average Bonchev–Trinajstić information content (AvgIpc) is 3.27. The Labute approximate surface area is 382 Å². The fourth-order valence-electron chi connectivity index (χ4n) is 7.09. The van der Waals surface area contributed by atoms with Crippen LogP contribution >= 0.6 is 0 Å². The van der Waals surface area contributed by atoms with Crippen LogP contribution in [0, 0.1) is 0 Å². The lowest BCUT2D eigenvalue weighted by Crippen LogP contribution is -2.30. The maximum atomic E-state index is 12.8. The Morgan fingerprint density at radius 3 is 1.06 bits per heavy atom. The van der Waals surface area contributed by atoms with Gasteiger partial charge >= 0.3 is 17.9 Å². The smallest absolute Gasteiger partial charge is 0.306 e. The monoisotopic (exact) mass is 865 g/mol. The van der Waals surface area contributed by atoms with Gasteiger partial charge in [0.15, 0.2) is 6.10 Å². The second kappa shape index (κ2) is 50.5. The van der Waals surface area contributed by atoms with E-state index in [0.717, 1.165) is 83.5 Å². The second-order valence-corrected chi connectivity index (χ2v) is 17.0. The molecule has 0 fully saturated rings. The van der Waals surface area contributed by atoms with Crippen LogP contribution in [0.15, 0.2) is 72.9 Å². The van der Waals surface area contributed by atoms with E-state index in [-0.39, 0.29) is 37.5 Å². The Balaban J connectivity index is 4.38. The minimum Gasteiger partial charge on any atom is -0.462 e. The van der Waals surface area contributed by atoms with Crippen LogP contribution in [0.1, 0.15) is 245 Å². The molecule has 0 heterocycles. The van der Waals surface area contributed by atoms with Crippen molar-refractivity contribution in [3.05, 3.63) is 72.9 Å². The minimum atomic E-state index is -0.800. The maximum Gasteiger partial charge on any atom is 0.306 e. The molecule has 62 heavy (non-hydrogen) atoms. The molecule has 0 aliphatic carbocycles. The molecule has 6 nitrogen and oxygen atoms in total. The number of hydrogen-bond donors (Lipinski definition) is 0. The van der Waals surface area contributed by atoms with E-state index < -0.39 is 6.10 Å². The zero-order valence-corrected chi connectivity index (χ0v) is 40.6. The lowest BCUT2D eigenvalue weighted by atomic mass is 10.1. The van der Waals surface area contributed by atoms with Crippen molar-refractivity contribution < 1.29 is 28.6 Å². The number of carbonyl (C=O) groups excluding carboxylic acids is 3. The second-order valence-electron chi connectivity index (χ2n) is 17.0. The highest BCUT2D eigenvalue weighted by Gasteiger charge is 2.19. The van der Waals surface area contributed by atoms with Crippen molar-refractivity contribution in [3.8, 4) is 0 Å². The molecule has 1 atom stereocenters. The molecular weight excluding hydrogens is 769 g/mol. The van der Waals surface area contributed by atoms with Gasteiger partial charge in [-0.25, -0.2) is 0 Å². The molecule has 356 valence electrons. The van der Waals surface area contributed by atoms with Gasteiger partial charge in [-0.3, -0.25) is 14.4 Å².